The number of hydrogen-bond donors (Lipinski definition) is 1. The van der Waals surface area contributed by atoms with Gasteiger partial charge in [0.1, 0.15) is 18.1 Å². The highest BCUT2D eigenvalue weighted by Crippen LogP contribution is 2.27. The molecule has 0 saturated carbocycles. The molecule has 0 aliphatic rings. The average molecular weight is 452 g/mol. The number of aryl methyl sites for hydroxylation is 1. The number of hydrogen-bond acceptors (Lipinski definition) is 3. The van der Waals surface area contributed by atoms with Crippen LogP contribution in [0.5, 0.6) is 11.5 Å². The van der Waals surface area contributed by atoms with Gasteiger partial charge >= 0.3 is 0 Å². The fourth-order valence-electron chi connectivity index (χ4n) is 3.27. The number of carbonyl (C=O) groups excluding carboxylic acids is 1. The molecule has 32 heavy (non-hydrogen) atoms. The lowest BCUT2D eigenvalue weighted by atomic mass is 9.87. The van der Waals surface area contributed by atoms with Crippen molar-refractivity contribution in [1.29, 1.82) is 0 Å². The maximum Gasteiger partial charge on any atom is 0.255 e. The molecule has 1 N–H and O–H groups in total. The minimum Gasteiger partial charge on any atom is -0.493 e. The SMILES string of the molecule is CCOc1ccc(C(=O)Nc2cc(Cl)ccc2C)cc1COc1ccc(C(C)(C)C)cc1. The molecule has 168 valence electrons. The van der Waals surface area contributed by atoms with Crippen LogP contribution in [0.1, 0.15) is 54.7 Å². The Morgan fingerprint density at radius 3 is 2.34 bits per heavy atom. The summed E-state index contributed by atoms with van der Waals surface area (Å²) in [6.45, 7) is 11.2. The first kappa shape index (κ1) is 23.7. The smallest absolute Gasteiger partial charge is 0.255 e. The van der Waals surface area contributed by atoms with Crippen LogP contribution in [-0.4, -0.2) is 12.5 Å². The number of rotatable bonds is 7. The second-order valence-electron chi connectivity index (χ2n) is 8.73. The molecular weight excluding hydrogens is 422 g/mol. The van der Waals surface area contributed by atoms with Crippen LogP contribution in [0.3, 0.4) is 0 Å². The van der Waals surface area contributed by atoms with Gasteiger partial charge in [0.2, 0.25) is 0 Å². The minimum atomic E-state index is -0.214. The van der Waals surface area contributed by atoms with Crippen molar-refractivity contribution in [2.24, 2.45) is 0 Å². The van der Waals surface area contributed by atoms with Gasteiger partial charge in [0.25, 0.3) is 5.91 Å². The van der Waals surface area contributed by atoms with Crippen LogP contribution in [0.2, 0.25) is 5.02 Å². The quantitative estimate of drug-likeness (QED) is 0.414. The van der Waals surface area contributed by atoms with E-state index < -0.39 is 0 Å². The van der Waals surface area contributed by atoms with E-state index in [0.717, 1.165) is 16.9 Å². The lowest BCUT2D eigenvalue weighted by Gasteiger charge is -2.19. The second kappa shape index (κ2) is 10.1. The summed E-state index contributed by atoms with van der Waals surface area (Å²) in [5, 5.41) is 3.51. The van der Waals surface area contributed by atoms with Gasteiger partial charge in [0.05, 0.1) is 6.61 Å². The van der Waals surface area contributed by atoms with Gasteiger partial charge in [-0.1, -0.05) is 50.6 Å². The number of halogens is 1. The summed E-state index contributed by atoms with van der Waals surface area (Å²) in [7, 11) is 0. The van der Waals surface area contributed by atoms with Crippen molar-refractivity contribution in [3.8, 4) is 11.5 Å². The standard InChI is InChI=1S/C27H30ClNO3/c1-6-31-25-14-8-19(26(30)29-24-16-22(28)11-7-18(24)2)15-20(25)17-32-23-12-9-21(10-13-23)27(3,4)5/h7-16H,6,17H2,1-5H3,(H,29,30). The van der Waals surface area contributed by atoms with Crippen molar-refractivity contribution in [2.75, 3.05) is 11.9 Å². The van der Waals surface area contributed by atoms with Crippen LogP contribution in [0, 0.1) is 6.92 Å². The van der Waals surface area contributed by atoms with Crippen LogP contribution >= 0.6 is 11.6 Å². The molecule has 0 aliphatic carbocycles. The first-order valence-electron chi connectivity index (χ1n) is 10.7. The Bertz CT molecular complexity index is 1090. The highest BCUT2D eigenvalue weighted by molar-refractivity contribution is 6.31. The molecule has 4 nitrogen and oxygen atoms in total. The van der Waals surface area contributed by atoms with Crippen molar-refractivity contribution in [2.45, 2.75) is 46.6 Å². The molecule has 0 spiro atoms. The van der Waals surface area contributed by atoms with E-state index in [-0.39, 0.29) is 11.3 Å². The Kier molecular flexibility index (Phi) is 7.47. The summed E-state index contributed by atoms with van der Waals surface area (Å²) in [4.78, 5) is 12.9. The summed E-state index contributed by atoms with van der Waals surface area (Å²) in [5.74, 6) is 1.26. The largest absolute Gasteiger partial charge is 0.493 e. The molecular formula is C27H30ClNO3. The van der Waals surface area contributed by atoms with Crippen molar-refractivity contribution in [1.82, 2.24) is 0 Å². The molecule has 1 amide bonds. The summed E-state index contributed by atoms with van der Waals surface area (Å²) in [5.41, 5.74) is 4.29. The fraction of sp³-hybridized carbons (Fsp3) is 0.296. The molecule has 0 atom stereocenters. The zero-order valence-corrected chi connectivity index (χ0v) is 20.0. The van der Waals surface area contributed by atoms with E-state index in [1.54, 1.807) is 18.2 Å². The van der Waals surface area contributed by atoms with Crippen molar-refractivity contribution in [3.05, 3.63) is 87.9 Å². The molecule has 5 heteroatoms. The zero-order valence-electron chi connectivity index (χ0n) is 19.3. The Hall–Kier alpha value is -2.98. The predicted molar refractivity (Wildman–Crippen MR) is 131 cm³/mol. The predicted octanol–water partition coefficient (Wildman–Crippen LogP) is 7.18. The van der Waals surface area contributed by atoms with Gasteiger partial charge in [-0.25, -0.2) is 0 Å². The summed E-state index contributed by atoms with van der Waals surface area (Å²) < 4.78 is 11.8. The molecule has 0 radical (unpaired) electrons. The van der Waals surface area contributed by atoms with Crippen LogP contribution in [0.4, 0.5) is 5.69 Å². The third kappa shape index (κ3) is 6.04. The number of carbonyl (C=O) groups is 1. The van der Waals surface area contributed by atoms with E-state index in [4.69, 9.17) is 21.1 Å². The van der Waals surface area contributed by atoms with E-state index in [2.05, 4.69) is 38.2 Å². The zero-order chi connectivity index (χ0) is 23.3. The second-order valence-corrected chi connectivity index (χ2v) is 9.17. The molecule has 0 fully saturated rings. The molecule has 0 saturated heterocycles. The molecule has 0 aromatic heterocycles. The van der Waals surface area contributed by atoms with Crippen molar-refractivity contribution in [3.63, 3.8) is 0 Å². The maximum absolute atomic E-state index is 12.9. The van der Waals surface area contributed by atoms with Gasteiger partial charge in [0, 0.05) is 21.8 Å². The minimum absolute atomic E-state index is 0.0870. The molecule has 3 aromatic carbocycles. The Balaban J connectivity index is 1.78. The summed E-state index contributed by atoms with van der Waals surface area (Å²) >= 11 is 6.08. The topological polar surface area (TPSA) is 47.6 Å². The van der Waals surface area contributed by atoms with Crippen LogP contribution < -0.4 is 14.8 Å². The molecule has 3 rings (SSSR count). The molecule has 0 heterocycles. The van der Waals surface area contributed by atoms with Gasteiger partial charge in [-0.15, -0.1) is 0 Å². The molecule has 0 bridgehead atoms. The fourth-order valence-corrected chi connectivity index (χ4v) is 3.44. The number of nitrogens with one attached hydrogen (secondary N) is 1. The lowest BCUT2D eigenvalue weighted by molar-refractivity contribution is 0.102. The monoisotopic (exact) mass is 451 g/mol. The maximum atomic E-state index is 12.9. The number of benzene rings is 3. The van der Waals surface area contributed by atoms with Crippen LogP contribution in [0.25, 0.3) is 0 Å². The van der Waals surface area contributed by atoms with E-state index in [9.17, 15) is 4.79 Å². The lowest BCUT2D eigenvalue weighted by Crippen LogP contribution is -2.14. The number of ether oxygens (including phenoxy) is 2. The highest BCUT2D eigenvalue weighted by Gasteiger charge is 2.15. The van der Waals surface area contributed by atoms with Gasteiger partial charge in [-0.2, -0.15) is 0 Å². The first-order valence-corrected chi connectivity index (χ1v) is 11.1. The van der Waals surface area contributed by atoms with Gasteiger partial charge < -0.3 is 14.8 Å². The third-order valence-corrected chi connectivity index (χ3v) is 5.42. The van der Waals surface area contributed by atoms with Crippen molar-refractivity contribution < 1.29 is 14.3 Å². The van der Waals surface area contributed by atoms with E-state index in [1.807, 2.05) is 44.2 Å². The van der Waals surface area contributed by atoms with E-state index in [0.29, 0.717) is 35.2 Å². The molecule has 0 unspecified atom stereocenters. The Labute approximate surface area is 195 Å². The first-order chi connectivity index (χ1) is 15.2. The Morgan fingerprint density at radius 2 is 1.69 bits per heavy atom. The number of anilines is 1. The molecule has 3 aromatic rings. The van der Waals surface area contributed by atoms with Gasteiger partial charge in [-0.05, 0) is 72.9 Å². The summed E-state index contributed by atoms with van der Waals surface area (Å²) in [6, 6.07) is 18.9. The van der Waals surface area contributed by atoms with Gasteiger partial charge in [-0.3, -0.25) is 4.79 Å². The van der Waals surface area contributed by atoms with Crippen LogP contribution in [-0.2, 0) is 12.0 Å². The van der Waals surface area contributed by atoms with Gasteiger partial charge in [0.15, 0.2) is 0 Å². The third-order valence-electron chi connectivity index (χ3n) is 5.19. The van der Waals surface area contributed by atoms with Crippen molar-refractivity contribution >= 4 is 23.2 Å². The normalized spacial score (nSPS) is 11.2. The van der Waals surface area contributed by atoms with E-state index in [1.165, 1.54) is 5.56 Å². The molecule has 0 aliphatic heterocycles. The number of amides is 1. The average Bonchev–Trinajstić information content (AvgIpc) is 2.75. The summed E-state index contributed by atoms with van der Waals surface area (Å²) in [6.07, 6.45) is 0. The van der Waals surface area contributed by atoms with E-state index >= 15 is 0 Å². The highest BCUT2D eigenvalue weighted by atomic mass is 35.5. The Morgan fingerprint density at radius 1 is 0.969 bits per heavy atom. The van der Waals surface area contributed by atoms with Crippen LogP contribution in [0.15, 0.2) is 60.7 Å².